The SMILES string of the molecule is OCc1sc(Oc2ccc(-c3ccccc3)cc2)nc1Cl. The third-order valence-electron chi connectivity index (χ3n) is 2.94. The second-order valence-corrected chi connectivity index (χ2v) is 5.75. The van der Waals surface area contributed by atoms with Gasteiger partial charge >= 0.3 is 0 Å². The molecule has 0 spiro atoms. The molecule has 3 aromatic rings. The van der Waals surface area contributed by atoms with Crippen molar-refractivity contribution in [2.75, 3.05) is 0 Å². The van der Waals surface area contributed by atoms with E-state index < -0.39 is 0 Å². The standard InChI is InChI=1S/C16H12ClNO2S/c17-15-14(10-19)21-16(18-15)20-13-8-6-12(7-9-13)11-4-2-1-3-5-11/h1-9,19H,10H2. The van der Waals surface area contributed by atoms with Crippen LogP contribution in [0.25, 0.3) is 11.1 Å². The van der Waals surface area contributed by atoms with Crippen molar-refractivity contribution in [1.82, 2.24) is 4.98 Å². The zero-order valence-corrected chi connectivity index (χ0v) is 12.6. The van der Waals surface area contributed by atoms with Gasteiger partial charge in [-0.15, -0.1) is 0 Å². The fraction of sp³-hybridized carbons (Fsp3) is 0.0625. The lowest BCUT2D eigenvalue weighted by molar-refractivity contribution is 0.285. The molecule has 3 rings (SSSR count). The van der Waals surface area contributed by atoms with E-state index in [2.05, 4.69) is 17.1 Å². The van der Waals surface area contributed by atoms with Crippen molar-refractivity contribution in [2.24, 2.45) is 0 Å². The molecule has 0 saturated heterocycles. The summed E-state index contributed by atoms with van der Waals surface area (Å²) in [6.45, 7) is -0.132. The van der Waals surface area contributed by atoms with Gasteiger partial charge in [0.15, 0.2) is 0 Å². The van der Waals surface area contributed by atoms with Crippen molar-refractivity contribution in [2.45, 2.75) is 6.61 Å². The first-order chi connectivity index (χ1) is 10.3. The summed E-state index contributed by atoms with van der Waals surface area (Å²) in [6.07, 6.45) is 0. The first-order valence-corrected chi connectivity index (χ1v) is 7.55. The van der Waals surface area contributed by atoms with Gasteiger partial charge in [0.05, 0.1) is 11.5 Å². The van der Waals surface area contributed by atoms with Crippen LogP contribution in [-0.4, -0.2) is 10.1 Å². The number of hydrogen-bond donors (Lipinski definition) is 1. The number of aliphatic hydroxyl groups is 1. The lowest BCUT2D eigenvalue weighted by Gasteiger charge is -2.04. The summed E-state index contributed by atoms with van der Waals surface area (Å²) in [4.78, 5) is 4.66. The van der Waals surface area contributed by atoms with Gasteiger partial charge in [-0.05, 0) is 23.3 Å². The molecule has 0 saturated carbocycles. The topological polar surface area (TPSA) is 42.4 Å². The average molecular weight is 318 g/mol. The summed E-state index contributed by atoms with van der Waals surface area (Å²) in [7, 11) is 0. The number of ether oxygens (including phenoxy) is 1. The third-order valence-corrected chi connectivity index (χ3v) is 4.28. The number of thiazole rings is 1. The summed E-state index contributed by atoms with van der Waals surface area (Å²) >= 11 is 7.12. The molecule has 106 valence electrons. The smallest absolute Gasteiger partial charge is 0.280 e. The quantitative estimate of drug-likeness (QED) is 0.755. The van der Waals surface area contributed by atoms with Crippen LogP contribution < -0.4 is 4.74 Å². The van der Waals surface area contributed by atoms with Crippen LogP contribution in [0.1, 0.15) is 4.88 Å². The third kappa shape index (κ3) is 3.24. The van der Waals surface area contributed by atoms with E-state index in [0.717, 1.165) is 11.1 Å². The molecule has 0 atom stereocenters. The van der Waals surface area contributed by atoms with Gasteiger partial charge in [-0.25, -0.2) is 0 Å². The van der Waals surface area contributed by atoms with Gasteiger partial charge in [0.2, 0.25) is 0 Å². The van der Waals surface area contributed by atoms with E-state index in [0.29, 0.717) is 21.0 Å². The first kappa shape index (κ1) is 14.1. The Morgan fingerprint density at radius 2 is 1.67 bits per heavy atom. The molecule has 0 amide bonds. The van der Waals surface area contributed by atoms with Crippen LogP contribution in [0.15, 0.2) is 54.6 Å². The Labute approximate surface area is 131 Å². The Morgan fingerprint density at radius 3 is 2.29 bits per heavy atom. The number of aliphatic hydroxyl groups excluding tert-OH is 1. The van der Waals surface area contributed by atoms with E-state index in [1.165, 1.54) is 11.3 Å². The lowest BCUT2D eigenvalue weighted by atomic mass is 10.1. The fourth-order valence-corrected chi connectivity index (χ4v) is 2.88. The van der Waals surface area contributed by atoms with Crippen LogP contribution in [0.4, 0.5) is 0 Å². The highest BCUT2D eigenvalue weighted by atomic mass is 35.5. The van der Waals surface area contributed by atoms with Crippen LogP contribution in [0.5, 0.6) is 10.9 Å². The Kier molecular flexibility index (Phi) is 4.20. The second-order valence-electron chi connectivity index (χ2n) is 4.34. The molecule has 0 fully saturated rings. The van der Waals surface area contributed by atoms with Gasteiger partial charge < -0.3 is 9.84 Å². The Balaban J connectivity index is 1.78. The minimum atomic E-state index is -0.132. The van der Waals surface area contributed by atoms with Crippen LogP contribution in [0.3, 0.4) is 0 Å². The average Bonchev–Trinajstić information content (AvgIpc) is 2.88. The number of halogens is 1. The Morgan fingerprint density at radius 1 is 1.00 bits per heavy atom. The normalized spacial score (nSPS) is 10.6. The Hall–Kier alpha value is -1.88. The summed E-state index contributed by atoms with van der Waals surface area (Å²) in [5, 5.41) is 9.81. The molecule has 1 heterocycles. The molecule has 1 aromatic heterocycles. The lowest BCUT2D eigenvalue weighted by Crippen LogP contribution is -1.83. The maximum absolute atomic E-state index is 9.09. The highest BCUT2D eigenvalue weighted by Crippen LogP contribution is 2.32. The fourth-order valence-electron chi connectivity index (χ4n) is 1.90. The molecule has 0 aliphatic carbocycles. The molecule has 1 N–H and O–H groups in total. The molecule has 0 unspecified atom stereocenters. The van der Waals surface area contributed by atoms with Gasteiger partial charge in [0.25, 0.3) is 5.19 Å². The number of hydrogen-bond acceptors (Lipinski definition) is 4. The van der Waals surface area contributed by atoms with Crippen molar-refractivity contribution < 1.29 is 9.84 Å². The van der Waals surface area contributed by atoms with Gasteiger partial charge in [-0.3, -0.25) is 0 Å². The molecule has 21 heavy (non-hydrogen) atoms. The molecule has 0 bridgehead atoms. The predicted octanol–water partition coefficient (Wildman–Crippen LogP) is 4.75. The Bertz CT molecular complexity index is 726. The van der Waals surface area contributed by atoms with Crippen molar-refractivity contribution >= 4 is 22.9 Å². The van der Waals surface area contributed by atoms with Crippen LogP contribution in [-0.2, 0) is 6.61 Å². The molecule has 0 aliphatic heterocycles. The molecule has 2 aromatic carbocycles. The van der Waals surface area contributed by atoms with Gasteiger partial charge in [-0.1, -0.05) is 65.4 Å². The summed E-state index contributed by atoms with van der Waals surface area (Å²) in [5.74, 6) is 0.685. The number of rotatable bonds is 4. The second kappa shape index (κ2) is 6.26. The van der Waals surface area contributed by atoms with Crippen molar-refractivity contribution in [3.63, 3.8) is 0 Å². The van der Waals surface area contributed by atoms with Crippen molar-refractivity contribution in [1.29, 1.82) is 0 Å². The predicted molar refractivity (Wildman–Crippen MR) is 85.0 cm³/mol. The molecular weight excluding hydrogens is 306 g/mol. The van der Waals surface area contributed by atoms with E-state index in [1.54, 1.807) is 0 Å². The highest BCUT2D eigenvalue weighted by Gasteiger charge is 2.10. The van der Waals surface area contributed by atoms with Crippen LogP contribution >= 0.6 is 22.9 Å². The zero-order valence-electron chi connectivity index (χ0n) is 11.0. The zero-order chi connectivity index (χ0) is 14.7. The summed E-state index contributed by atoms with van der Waals surface area (Å²) in [5.41, 5.74) is 2.28. The summed E-state index contributed by atoms with van der Waals surface area (Å²) in [6, 6.07) is 17.9. The number of nitrogens with zero attached hydrogens (tertiary/aromatic N) is 1. The van der Waals surface area contributed by atoms with Gasteiger partial charge in [-0.2, -0.15) is 4.98 Å². The molecule has 3 nitrogen and oxygen atoms in total. The molecule has 0 aliphatic rings. The maximum atomic E-state index is 9.09. The van der Waals surface area contributed by atoms with Crippen LogP contribution in [0, 0.1) is 0 Å². The molecule has 5 heteroatoms. The van der Waals surface area contributed by atoms with Crippen molar-refractivity contribution in [3.05, 3.63) is 64.6 Å². The first-order valence-electron chi connectivity index (χ1n) is 6.35. The maximum Gasteiger partial charge on any atom is 0.280 e. The van der Waals surface area contributed by atoms with E-state index in [1.807, 2.05) is 42.5 Å². The van der Waals surface area contributed by atoms with E-state index in [4.69, 9.17) is 21.4 Å². The van der Waals surface area contributed by atoms with Gasteiger partial charge in [0, 0.05) is 0 Å². The van der Waals surface area contributed by atoms with E-state index >= 15 is 0 Å². The highest BCUT2D eigenvalue weighted by molar-refractivity contribution is 7.13. The minimum Gasteiger partial charge on any atom is -0.431 e. The van der Waals surface area contributed by atoms with Crippen molar-refractivity contribution in [3.8, 4) is 22.1 Å². The number of aromatic nitrogens is 1. The largest absolute Gasteiger partial charge is 0.431 e. The van der Waals surface area contributed by atoms with E-state index in [9.17, 15) is 0 Å². The van der Waals surface area contributed by atoms with Gasteiger partial charge in [0.1, 0.15) is 10.9 Å². The number of benzene rings is 2. The summed E-state index contributed by atoms with van der Waals surface area (Å²) < 4.78 is 5.64. The molecular formula is C16H12ClNO2S. The van der Waals surface area contributed by atoms with E-state index in [-0.39, 0.29) is 6.61 Å². The minimum absolute atomic E-state index is 0.132. The van der Waals surface area contributed by atoms with Crippen LogP contribution in [0.2, 0.25) is 5.15 Å². The molecule has 0 radical (unpaired) electrons. The monoisotopic (exact) mass is 317 g/mol.